The smallest absolute Gasteiger partial charge is 0.250 e. The molecule has 22 heavy (non-hydrogen) atoms. The van der Waals surface area contributed by atoms with Crippen LogP contribution in [0.5, 0.6) is 5.75 Å². The Hall–Kier alpha value is -1.33. The first-order valence-corrected chi connectivity index (χ1v) is 8.65. The summed E-state index contributed by atoms with van der Waals surface area (Å²) >= 11 is 3.44. The van der Waals surface area contributed by atoms with Gasteiger partial charge in [-0.1, -0.05) is 15.9 Å². The second-order valence-electron chi connectivity index (χ2n) is 5.80. The van der Waals surface area contributed by atoms with Gasteiger partial charge in [0.15, 0.2) is 0 Å². The van der Waals surface area contributed by atoms with Crippen LogP contribution >= 0.6 is 15.9 Å². The Balaban J connectivity index is 1.50. The number of amides is 1. The molecule has 0 bridgehead atoms. The molecule has 1 saturated heterocycles. The molecule has 5 heteroatoms. The highest BCUT2D eigenvalue weighted by Gasteiger charge is 2.17. The lowest BCUT2D eigenvalue weighted by atomic mass is 10.1. The van der Waals surface area contributed by atoms with Crippen LogP contribution in [0, 0.1) is 0 Å². The van der Waals surface area contributed by atoms with E-state index in [2.05, 4.69) is 26.1 Å². The Morgan fingerprint density at radius 2 is 2.14 bits per heavy atom. The topological polar surface area (TPSA) is 41.6 Å². The molecule has 2 aliphatic heterocycles. The van der Waals surface area contributed by atoms with E-state index >= 15 is 0 Å². The van der Waals surface area contributed by atoms with Crippen LogP contribution in [-0.4, -0.2) is 43.6 Å². The minimum atomic E-state index is -0.0213. The van der Waals surface area contributed by atoms with Gasteiger partial charge in [-0.25, -0.2) is 0 Å². The fourth-order valence-corrected chi connectivity index (χ4v) is 3.28. The number of carbonyl (C=O) groups excluding carboxylic acids is 1. The molecule has 0 aromatic heterocycles. The predicted octanol–water partition coefficient (Wildman–Crippen LogP) is 2.83. The van der Waals surface area contributed by atoms with E-state index in [4.69, 9.17) is 4.74 Å². The fraction of sp³-hybridized carbons (Fsp3) is 0.471. The van der Waals surface area contributed by atoms with E-state index in [0.717, 1.165) is 35.3 Å². The molecule has 2 aliphatic rings. The van der Waals surface area contributed by atoms with Crippen LogP contribution in [-0.2, 0) is 4.79 Å². The first-order valence-electron chi connectivity index (χ1n) is 7.86. The van der Waals surface area contributed by atoms with Crippen molar-refractivity contribution in [1.29, 1.82) is 0 Å². The third-order valence-corrected chi connectivity index (χ3v) is 4.61. The van der Waals surface area contributed by atoms with Crippen LogP contribution in [0.4, 0.5) is 0 Å². The van der Waals surface area contributed by atoms with Gasteiger partial charge < -0.3 is 15.0 Å². The first-order chi connectivity index (χ1) is 10.7. The highest BCUT2D eigenvalue weighted by Crippen LogP contribution is 2.29. The largest absolute Gasteiger partial charge is 0.488 e. The molecule has 1 aromatic carbocycles. The van der Waals surface area contributed by atoms with Crippen molar-refractivity contribution in [3.63, 3.8) is 0 Å². The molecule has 1 aromatic rings. The lowest BCUT2D eigenvalue weighted by molar-refractivity contribution is -0.117. The van der Waals surface area contributed by atoms with Crippen molar-refractivity contribution in [2.75, 3.05) is 32.8 Å². The first kappa shape index (κ1) is 15.6. The third-order valence-electron chi connectivity index (χ3n) is 4.11. The van der Waals surface area contributed by atoms with Crippen LogP contribution in [0.3, 0.4) is 0 Å². The van der Waals surface area contributed by atoms with E-state index in [1.54, 1.807) is 0 Å². The molecule has 0 radical (unpaired) electrons. The number of carbonyl (C=O) groups is 1. The van der Waals surface area contributed by atoms with Crippen LogP contribution < -0.4 is 10.1 Å². The lowest BCUT2D eigenvalue weighted by Crippen LogP contribution is -2.31. The monoisotopic (exact) mass is 364 g/mol. The van der Waals surface area contributed by atoms with E-state index in [9.17, 15) is 4.79 Å². The van der Waals surface area contributed by atoms with Gasteiger partial charge in [-0.15, -0.1) is 0 Å². The zero-order valence-electron chi connectivity index (χ0n) is 12.6. The molecule has 0 spiro atoms. The van der Waals surface area contributed by atoms with Gasteiger partial charge in [0.1, 0.15) is 12.4 Å². The second-order valence-corrected chi connectivity index (χ2v) is 6.71. The molecule has 118 valence electrons. The highest BCUT2D eigenvalue weighted by molar-refractivity contribution is 9.10. The van der Waals surface area contributed by atoms with Gasteiger partial charge in [0.2, 0.25) is 0 Å². The number of fused-ring (bicyclic) bond motifs is 1. The van der Waals surface area contributed by atoms with Crippen molar-refractivity contribution in [1.82, 2.24) is 10.2 Å². The quantitative estimate of drug-likeness (QED) is 0.816. The molecule has 0 saturated carbocycles. The second kappa shape index (κ2) is 7.29. The summed E-state index contributed by atoms with van der Waals surface area (Å²) in [6.45, 7) is 4.55. The number of nitrogens with one attached hydrogen (secondary N) is 1. The summed E-state index contributed by atoms with van der Waals surface area (Å²) in [5.74, 6) is 0.806. The SMILES string of the molecule is O=C(NCCCN1CCCC1)C1=Cc2cc(Br)ccc2OC1. The molecule has 0 atom stereocenters. The molecule has 3 rings (SSSR count). The minimum Gasteiger partial charge on any atom is -0.488 e. The standard InChI is InChI=1S/C17H21BrN2O2/c18-15-4-5-16-13(11-15)10-14(12-22-16)17(21)19-6-3-9-20-7-1-2-8-20/h4-5,10-11H,1-3,6-9,12H2,(H,19,21). The van der Waals surface area contributed by atoms with E-state index in [1.165, 1.54) is 25.9 Å². The van der Waals surface area contributed by atoms with Gasteiger partial charge in [-0.2, -0.15) is 0 Å². The van der Waals surface area contributed by atoms with Crippen molar-refractivity contribution in [2.24, 2.45) is 0 Å². The van der Waals surface area contributed by atoms with E-state index < -0.39 is 0 Å². The number of halogens is 1. The number of hydrogen-bond donors (Lipinski definition) is 1. The number of hydrogen-bond acceptors (Lipinski definition) is 3. The van der Waals surface area contributed by atoms with Gasteiger partial charge in [0.05, 0.1) is 5.57 Å². The van der Waals surface area contributed by atoms with Gasteiger partial charge >= 0.3 is 0 Å². The molecule has 1 fully saturated rings. The summed E-state index contributed by atoms with van der Waals surface area (Å²) < 4.78 is 6.63. The molecule has 0 unspecified atom stereocenters. The number of likely N-dealkylation sites (tertiary alicyclic amines) is 1. The van der Waals surface area contributed by atoms with Gasteiger partial charge in [-0.05, 0) is 63.2 Å². The normalized spacial score (nSPS) is 17.6. The zero-order chi connectivity index (χ0) is 15.4. The number of ether oxygens (including phenoxy) is 1. The Bertz CT molecular complexity index is 580. The average Bonchev–Trinajstić information content (AvgIpc) is 3.04. The molecule has 4 nitrogen and oxygen atoms in total. The Morgan fingerprint density at radius 1 is 1.32 bits per heavy atom. The molecular formula is C17H21BrN2O2. The van der Waals surface area contributed by atoms with Crippen molar-refractivity contribution >= 4 is 27.9 Å². The van der Waals surface area contributed by atoms with Crippen LogP contribution in [0.1, 0.15) is 24.8 Å². The number of rotatable bonds is 5. The summed E-state index contributed by atoms with van der Waals surface area (Å²) in [5.41, 5.74) is 1.63. The summed E-state index contributed by atoms with van der Waals surface area (Å²) in [7, 11) is 0. The molecular weight excluding hydrogens is 344 g/mol. The zero-order valence-corrected chi connectivity index (χ0v) is 14.2. The van der Waals surface area contributed by atoms with E-state index in [0.29, 0.717) is 12.2 Å². The maximum atomic E-state index is 12.2. The summed E-state index contributed by atoms with van der Waals surface area (Å²) in [4.78, 5) is 14.7. The Morgan fingerprint density at radius 3 is 2.95 bits per heavy atom. The predicted molar refractivity (Wildman–Crippen MR) is 90.9 cm³/mol. The third kappa shape index (κ3) is 3.90. The molecule has 0 aliphatic carbocycles. The maximum absolute atomic E-state index is 12.2. The van der Waals surface area contributed by atoms with Crippen molar-refractivity contribution in [3.05, 3.63) is 33.8 Å². The van der Waals surface area contributed by atoms with E-state index in [-0.39, 0.29) is 5.91 Å². The van der Waals surface area contributed by atoms with Crippen molar-refractivity contribution in [3.8, 4) is 5.75 Å². The van der Waals surface area contributed by atoms with Crippen LogP contribution in [0.2, 0.25) is 0 Å². The molecule has 1 N–H and O–H groups in total. The molecule has 1 amide bonds. The fourth-order valence-electron chi connectivity index (χ4n) is 2.90. The van der Waals surface area contributed by atoms with Gasteiger partial charge in [0, 0.05) is 16.6 Å². The Labute approximate surface area is 139 Å². The lowest BCUT2D eigenvalue weighted by Gasteiger charge is -2.18. The van der Waals surface area contributed by atoms with Crippen LogP contribution in [0.25, 0.3) is 6.08 Å². The van der Waals surface area contributed by atoms with Gasteiger partial charge in [0.25, 0.3) is 5.91 Å². The van der Waals surface area contributed by atoms with E-state index in [1.807, 2.05) is 24.3 Å². The highest BCUT2D eigenvalue weighted by atomic mass is 79.9. The van der Waals surface area contributed by atoms with Crippen LogP contribution in [0.15, 0.2) is 28.2 Å². The van der Waals surface area contributed by atoms with Crippen molar-refractivity contribution < 1.29 is 9.53 Å². The summed E-state index contributed by atoms with van der Waals surface area (Å²) in [5, 5.41) is 3.00. The number of nitrogens with zero attached hydrogens (tertiary/aromatic N) is 1. The number of benzene rings is 1. The molecule has 2 heterocycles. The Kier molecular flexibility index (Phi) is 5.16. The van der Waals surface area contributed by atoms with Crippen molar-refractivity contribution in [2.45, 2.75) is 19.3 Å². The summed E-state index contributed by atoms with van der Waals surface area (Å²) in [6.07, 6.45) is 5.54. The maximum Gasteiger partial charge on any atom is 0.250 e. The van der Waals surface area contributed by atoms with Gasteiger partial charge in [-0.3, -0.25) is 4.79 Å². The minimum absolute atomic E-state index is 0.0213. The summed E-state index contributed by atoms with van der Waals surface area (Å²) in [6, 6.07) is 5.83. The average molecular weight is 365 g/mol.